The van der Waals surface area contributed by atoms with E-state index in [1.807, 2.05) is 18.3 Å². The number of hydrogen-bond donors (Lipinski definition) is 2. The summed E-state index contributed by atoms with van der Waals surface area (Å²) in [6, 6.07) is 3.84. The van der Waals surface area contributed by atoms with E-state index in [-0.39, 0.29) is 12.5 Å². The van der Waals surface area contributed by atoms with Gasteiger partial charge in [-0.05, 0) is 18.6 Å². The van der Waals surface area contributed by atoms with Crippen LogP contribution in [0.2, 0.25) is 0 Å². The number of aliphatic hydroxyl groups is 1. The first-order valence-corrected chi connectivity index (χ1v) is 4.71. The Bertz CT molecular complexity index is 270. The highest BCUT2D eigenvalue weighted by Crippen LogP contribution is 2.02. The first kappa shape index (κ1) is 10.8. The van der Waals surface area contributed by atoms with Crippen molar-refractivity contribution in [2.75, 3.05) is 13.7 Å². The van der Waals surface area contributed by atoms with Crippen LogP contribution in [0.15, 0.2) is 18.3 Å². The number of aromatic amines is 1. The van der Waals surface area contributed by atoms with Crippen LogP contribution >= 0.6 is 0 Å². The summed E-state index contributed by atoms with van der Waals surface area (Å²) in [6.45, 7) is 0.666. The Labute approximate surface area is 83.5 Å². The van der Waals surface area contributed by atoms with Crippen LogP contribution in [0.3, 0.4) is 0 Å². The minimum atomic E-state index is 0.0636. The number of aromatic nitrogens is 1. The molecule has 0 aromatic carbocycles. The Kier molecular flexibility index (Phi) is 4.19. The smallest absolute Gasteiger partial charge is 0.222 e. The fourth-order valence-electron chi connectivity index (χ4n) is 1.23. The van der Waals surface area contributed by atoms with Crippen molar-refractivity contribution in [2.45, 2.75) is 19.4 Å². The number of H-pyrrole nitrogens is 1. The summed E-state index contributed by atoms with van der Waals surface area (Å²) in [5.41, 5.74) is 1.02. The number of amides is 1. The number of aliphatic hydroxyl groups excluding tert-OH is 1. The molecule has 0 aliphatic carbocycles. The normalized spacial score (nSPS) is 10.1. The molecule has 4 nitrogen and oxygen atoms in total. The van der Waals surface area contributed by atoms with Crippen molar-refractivity contribution < 1.29 is 9.90 Å². The third-order valence-electron chi connectivity index (χ3n) is 2.04. The molecule has 0 aliphatic rings. The SMILES string of the molecule is CN(Cc1ccc[nH]1)C(=O)CCCO. The lowest BCUT2D eigenvalue weighted by atomic mass is 10.3. The lowest BCUT2D eigenvalue weighted by Crippen LogP contribution is -2.26. The maximum absolute atomic E-state index is 11.4. The third kappa shape index (κ3) is 3.22. The number of nitrogens with zero attached hydrogens (tertiary/aromatic N) is 1. The Balaban J connectivity index is 2.34. The van der Waals surface area contributed by atoms with Gasteiger partial charge < -0.3 is 15.0 Å². The van der Waals surface area contributed by atoms with E-state index in [1.54, 1.807) is 11.9 Å². The molecular formula is C10H16N2O2. The Morgan fingerprint density at radius 1 is 1.64 bits per heavy atom. The predicted octanol–water partition coefficient (Wildman–Crippen LogP) is 0.746. The summed E-state index contributed by atoms with van der Waals surface area (Å²) in [4.78, 5) is 16.1. The average Bonchev–Trinajstić information content (AvgIpc) is 2.66. The molecule has 1 heterocycles. The first-order valence-electron chi connectivity index (χ1n) is 4.71. The minimum Gasteiger partial charge on any atom is -0.396 e. The van der Waals surface area contributed by atoms with Gasteiger partial charge in [0.1, 0.15) is 0 Å². The van der Waals surface area contributed by atoms with Gasteiger partial charge in [-0.25, -0.2) is 0 Å². The van der Waals surface area contributed by atoms with Crippen molar-refractivity contribution in [1.82, 2.24) is 9.88 Å². The van der Waals surface area contributed by atoms with Gasteiger partial charge in [0.05, 0.1) is 6.54 Å². The lowest BCUT2D eigenvalue weighted by molar-refractivity contribution is -0.130. The second-order valence-electron chi connectivity index (χ2n) is 3.27. The second kappa shape index (κ2) is 5.44. The highest BCUT2D eigenvalue weighted by Gasteiger charge is 2.08. The third-order valence-corrected chi connectivity index (χ3v) is 2.04. The molecule has 2 N–H and O–H groups in total. The fourth-order valence-corrected chi connectivity index (χ4v) is 1.23. The maximum Gasteiger partial charge on any atom is 0.222 e. The van der Waals surface area contributed by atoms with E-state index in [1.165, 1.54) is 0 Å². The largest absolute Gasteiger partial charge is 0.396 e. The molecule has 0 aliphatic heterocycles. The Morgan fingerprint density at radius 2 is 2.43 bits per heavy atom. The van der Waals surface area contributed by atoms with E-state index in [9.17, 15) is 4.79 Å². The van der Waals surface area contributed by atoms with Crippen molar-refractivity contribution in [3.8, 4) is 0 Å². The highest BCUT2D eigenvalue weighted by molar-refractivity contribution is 5.75. The molecule has 0 spiro atoms. The van der Waals surface area contributed by atoms with Crippen LogP contribution in [0.25, 0.3) is 0 Å². The minimum absolute atomic E-state index is 0.0636. The van der Waals surface area contributed by atoms with Crippen molar-refractivity contribution >= 4 is 5.91 Å². The molecule has 4 heteroatoms. The molecule has 1 aromatic heterocycles. The van der Waals surface area contributed by atoms with E-state index in [0.29, 0.717) is 19.4 Å². The van der Waals surface area contributed by atoms with Gasteiger partial charge in [-0.2, -0.15) is 0 Å². The molecule has 1 amide bonds. The molecule has 0 saturated carbocycles. The topological polar surface area (TPSA) is 56.3 Å². The van der Waals surface area contributed by atoms with Crippen molar-refractivity contribution in [3.63, 3.8) is 0 Å². The maximum atomic E-state index is 11.4. The highest BCUT2D eigenvalue weighted by atomic mass is 16.3. The monoisotopic (exact) mass is 196 g/mol. The van der Waals surface area contributed by atoms with E-state index in [2.05, 4.69) is 4.98 Å². The quantitative estimate of drug-likeness (QED) is 0.730. The van der Waals surface area contributed by atoms with Crippen LogP contribution in [-0.4, -0.2) is 34.6 Å². The average molecular weight is 196 g/mol. The molecule has 14 heavy (non-hydrogen) atoms. The van der Waals surface area contributed by atoms with Gasteiger partial charge in [-0.15, -0.1) is 0 Å². The van der Waals surface area contributed by atoms with Crippen LogP contribution < -0.4 is 0 Å². The zero-order valence-corrected chi connectivity index (χ0v) is 8.36. The zero-order chi connectivity index (χ0) is 10.4. The zero-order valence-electron chi connectivity index (χ0n) is 8.36. The molecule has 1 aromatic rings. The molecule has 0 bridgehead atoms. The van der Waals surface area contributed by atoms with Crippen molar-refractivity contribution in [2.24, 2.45) is 0 Å². The molecule has 0 fully saturated rings. The predicted molar refractivity (Wildman–Crippen MR) is 53.6 cm³/mol. The molecule has 0 radical (unpaired) electrons. The number of nitrogens with one attached hydrogen (secondary N) is 1. The summed E-state index contributed by atoms with van der Waals surface area (Å²) in [7, 11) is 1.76. The van der Waals surface area contributed by atoms with Crippen LogP contribution in [0.1, 0.15) is 18.5 Å². The summed E-state index contributed by atoms with van der Waals surface area (Å²) in [6.07, 6.45) is 2.78. The fraction of sp³-hybridized carbons (Fsp3) is 0.500. The van der Waals surface area contributed by atoms with Gasteiger partial charge in [0, 0.05) is 32.0 Å². The van der Waals surface area contributed by atoms with Gasteiger partial charge in [-0.3, -0.25) is 4.79 Å². The molecular weight excluding hydrogens is 180 g/mol. The van der Waals surface area contributed by atoms with Gasteiger partial charge in [0.2, 0.25) is 5.91 Å². The number of carbonyl (C=O) groups excluding carboxylic acids is 1. The van der Waals surface area contributed by atoms with Crippen LogP contribution in [-0.2, 0) is 11.3 Å². The second-order valence-corrected chi connectivity index (χ2v) is 3.27. The molecule has 0 unspecified atom stereocenters. The van der Waals surface area contributed by atoms with E-state index in [4.69, 9.17) is 5.11 Å². The van der Waals surface area contributed by atoms with Crippen LogP contribution in [0.4, 0.5) is 0 Å². The van der Waals surface area contributed by atoms with Crippen molar-refractivity contribution in [3.05, 3.63) is 24.0 Å². The molecule has 78 valence electrons. The summed E-state index contributed by atoms with van der Waals surface area (Å²) in [5.74, 6) is 0.0636. The lowest BCUT2D eigenvalue weighted by Gasteiger charge is -2.15. The molecule has 1 rings (SSSR count). The summed E-state index contributed by atoms with van der Waals surface area (Å²) < 4.78 is 0. The van der Waals surface area contributed by atoms with E-state index < -0.39 is 0 Å². The van der Waals surface area contributed by atoms with Gasteiger partial charge in [0.25, 0.3) is 0 Å². The number of carbonyl (C=O) groups is 1. The summed E-state index contributed by atoms with van der Waals surface area (Å²) in [5, 5.41) is 8.58. The van der Waals surface area contributed by atoms with E-state index in [0.717, 1.165) is 5.69 Å². The van der Waals surface area contributed by atoms with E-state index >= 15 is 0 Å². The number of rotatable bonds is 5. The first-order chi connectivity index (χ1) is 6.74. The van der Waals surface area contributed by atoms with Crippen LogP contribution in [0, 0.1) is 0 Å². The van der Waals surface area contributed by atoms with Crippen molar-refractivity contribution in [1.29, 1.82) is 0 Å². The standard InChI is InChI=1S/C10H16N2O2/c1-12(10(14)5-3-7-13)8-9-4-2-6-11-9/h2,4,6,11,13H,3,5,7-8H2,1H3. The van der Waals surface area contributed by atoms with Gasteiger partial charge in [0.15, 0.2) is 0 Å². The Hall–Kier alpha value is -1.29. The molecule has 0 atom stereocenters. The molecule has 0 saturated heterocycles. The van der Waals surface area contributed by atoms with Crippen LogP contribution in [0.5, 0.6) is 0 Å². The van der Waals surface area contributed by atoms with Gasteiger partial charge >= 0.3 is 0 Å². The van der Waals surface area contributed by atoms with Gasteiger partial charge in [-0.1, -0.05) is 0 Å². The number of hydrogen-bond acceptors (Lipinski definition) is 2. The Morgan fingerprint density at radius 3 is 3.00 bits per heavy atom. The summed E-state index contributed by atoms with van der Waals surface area (Å²) >= 11 is 0.